The van der Waals surface area contributed by atoms with Crippen molar-refractivity contribution in [1.82, 2.24) is 24.2 Å². The van der Waals surface area contributed by atoms with Crippen molar-refractivity contribution < 1.29 is 14.4 Å². The van der Waals surface area contributed by atoms with E-state index in [0.717, 1.165) is 29.3 Å². The second kappa shape index (κ2) is 8.23. The number of amides is 3. The number of imide groups is 1. The fraction of sp³-hybridized carbons (Fsp3) is 0.259. The number of hydrogen-bond donors (Lipinski definition) is 1. The highest BCUT2D eigenvalue weighted by Crippen LogP contribution is 2.38. The van der Waals surface area contributed by atoms with Gasteiger partial charge in [0.05, 0.1) is 23.0 Å². The van der Waals surface area contributed by atoms with Crippen molar-refractivity contribution >= 4 is 45.4 Å². The van der Waals surface area contributed by atoms with Crippen LogP contribution in [0.25, 0.3) is 27.7 Å². The molecular formula is C27H25N5O3. The zero-order valence-electron chi connectivity index (χ0n) is 19.4. The van der Waals surface area contributed by atoms with Crippen LogP contribution in [0.3, 0.4) is 0 Å². The molecule has 1 aromatic carbocycles. The Hall–Kier alpha value is -4.20. The number of carbonyl (C=O) groups is 3. The molecule has 0 atom stereocenters. The van der Waals surface area contributed by atoms with Crippen molar-refractivity contribution in [2.24, 2.45) is 0 Å². The van der Waals surface area contributed by atoms with Crippen molar-refractivity contribution in [3.8, 4) is 0 Å². The second-order valence-corrected chi connectivity index (χ2v) is 9.04. The first-order chi connectivity index (χ1) is 17.1. The predicted octanol–water partition coefficient (Wildman–Crippen LogP) is 3.43. The number of pyridine rings is 1. The summed E-state index contributed by atoms with van der Waals surface area (Å²) in [5.41, 5.74) is 3.74. The number of benzene rings is 1. The van der Waals surface area contributed by atoms with Gasteiger partial charge in [0, 0.05) is 54.4 Å². The van der Waals surface area contributed by atoms with Gasteiger partial charge in [0.2, 0.25) is 5.91 Å². The normalized spacial score (nSPS) is 17.1. The van der Waals surface area contributed by atoms with Gasteiger partial charge in [-0.3, -0.25) is 24.1 Å². The summed E-state index contributed by atoms with van der Waals surface area (Å²) in [4.78, 5) is 44.6. The molecule has 176 valence electrons. The lowest BCUT2D eigenvalue weighted by molar-refractivity contribution is -0.132. The van der Waals surface area contributed by atoms with E-state index in [1.807, 2.05) is 71.1 Å². The van der Waals surface area contributed by atoms with Gasteiger partial charge in [-0.2, -0.15) is 0 Å². The number of imidazole rings is 1. The highest BCUT2D eigenvalue weighted by Gasteiger charge is 2.36. The van der Waals surface area contributed by atoms with Crippen molar-refractivity contribution in [3.05, 3.63) is 72.3 Å². The maximum absolute atomic E-state index is 13.1. The molecule has 2 aliphatic heterocycles. The quantitative estimate of drug-likeness (QED) is 0.466. The minimum Gasteiger partial charge on any atom is -0.344 e. The van der Waals surface area contributed by atoms with E-state index in [9.17, 15) is 14.4 Å². The number of likely N-dealkylation sites (tertiary alicyclic amines) is 1. The lowest BCUT2D eigenvalue weighted by atomic mass is 9.99. The van der Waals surface area contributed by atoms with E-state index in [1.165, 1.54) is 0 Å². The Morgan fingerprint density at radius 1 is 1.03 bits per heavy atom. The average Bonchev–Trinajstić information content (AvgIpc) is 3.56. The molecule has 0 bridgehead atoms. The maximum Gasteiger partial charge on any atom is 0.261 e. The van der Waals surface area contributed by atoms with Crippen LogP contribution >= 0.6 is 0 Å². The number of hydrogen-bond acceptors (Lipinski definition) is 4. The number of para-hydroxylation sites is 1. The SMILES string of the molecule is CCC(=O)N1CCC(n2cc(C3=C(c4cnc5ccccn45)C(=O)NC3=O)c3ccccc32)CC1. The van der Waals surface area contributed by atoms with Crippen LogP contribution in [0, 0.1) is 0 Å². The van der Waals surface area contributed by atoms with E-state index in [4.69, 9.17) is 0 Å². The second-order valence-electron chi connectivity index (χ2n) is 9.04. The molecule has 0 saturated carbocycles. The average molecular weight is 468 g/mol. The number of nitrogens with zero attached hydrogens (tertiary/aromatic N) is 4. The molecule has 0 unspecified atom stereocenters. The molecule has 2 aliphatic rings. The first kappa shape index (κ1) is 21.3. The first-order valence-corrected chi connectivity index (χ1v) is 12.0. The topological polar surface area (TPSA) is 88.7 Å². The van der Waals surface area contributed by atoms with Crippen molar-refractivity contribution in [2.45, 2.75) is 32.2 Å². The molecule has 0 aliphatic carbocycles. The molecule has 8 nitrogen and oxygen atoms in total. The number of carbonyl (C=O) groups excluding carboxylic acids is 3. The zero-order chi connectivity index (χ0) is 24.1. The number of nitrogens with one attached hydrogen (secondary N) is 1. The summed E-state index contributed by atoms with van der Waals surface area (Å²) in [6, 6.07) is 13.8. The predicted molar refractivity (Wildman–Crippen MR) is 132 cm³/mol. The number of aromatic nitrogens is 3. The molecule has 3 amide bonds. The van der Waals surface area contributed by atoms with Gasteiger partial charge < -0.3 is 9.47 Å². The third-order valence-electron chi connectivity index (χ3n) is 7.13. The fourth-order valence-electron chi connectivity index (χ4n) is 5.40. The summed E-state index contributed by atoms with van der Waals surface area (Å²) < 4.78 is 4.04. The third-order valence-corrected chi connectivity index (χ3v) is 7.13. The van der Waals surface area contributed by atoms with Crippen LogP contribution in [0.2, 0.25) is 0 Å². The van der Waals surface area contributed by atoms with Gasteiger partial charge in [-0.25, -0.2) is 4.98 Å². The van der Waals surface area contributed by atoms with Gasteiger partial charge in [-0.15, -0.1) is 0 Å². The third kappa shape index (κ3) is 3.36. The summed E-state index contributed by atoms with van der Waals surface area (Å²) in [5.74, 6) is -0.633. The summed E-state index contributed by atoms with van der Waals surface area (Å²) in [6.45, 7) is 3.32. The van der Waals surface area contributed by atoms with Crippen LogP contribution in [0.5, 0.6) is 0 Å². The Bertz CT molecular complexity index is 1530. The molecule has 6 rings (SSSR count). The Kier molecular flexibility index (Phi) is 5.02. The van der Waals surface area contributed by atoms with Gasteiger partial charge in [-0.1, -0.05) is 31.2 Å². The van der Waals surface area contributed by atoms with E-state index in [1.54, 1.807) is 6.20 Å². The molecule has 0 spiro atoms. The van der Waals surface area contributed by atoms with Gasteiger partial charge in [-0.05, 0) is 31.0 Å². The smallest absolute Gasteiger partial charge is 0.261 e. The zero-order valence-corrected chi connectivity index (χ0v) is 19.4. The largest absolute Gasteiger partial charge is 0.344 e. The number of piperidine rings is 1. The molecule has 1 fully saturated rings. The van der Waals surface area contributed by atoms with Crippen LogP contribution < -0.4 is 5.32 Å². The molecule has 1 saturated heterocycles. The van der Waals surface area contributed by atoms with E-state index in [0.29, 0.717) is 42.0 Å². The number of rotatable bonds is 4. The number of fused-ring (bicyclic) bond motifs is 2. The Morgan fingerprint density at radius 3 is 2.57 bits per heavy atom. The molecule has 4 aromatic rings. The van der Waals surface area contributed by atoms with Gasteiger partial charge in [0.25, 0.3) is 11.8 Å². The van der Waals surface area contributed by atoms with E-state index < -0.39 is 11.8 Å². The molecule has 0 radical (unpaired) electrons. The molecule has 35 heavy (non-hydrogen) atoms. The Balaban J connectivity index is 1.49. The summed E-state index contributed by atoms with van der Waals surface area (Å²) in [7, 11) is 0. The lowest BCUT2D eigenvalue weighted by Gasteiger charge is -2.33. The van der Waals surface area contributed by atoms with Crippen LogP contribution in [-0.4, -0.2) is 49.7 Å². The van der Waals surface area contributed by atoms with Crippen molar-refractivity contribution in [2.75, 3.05) is 13.1 Å². The minimum absolute atomic E-state index is 0.186. The van der Waals surface area contributed by atoms with Crippen LogP contribution in [0.4, 0.5) is 0 Å². The summed E-state index contributed by atoms with van der Waals surface area (Å²) in [6.07, 6.45) is 7.69. The monoisotopic (exact) mass is 467 g/mol. The molecule has 8 heteroatoms. The van der Waals surface area contributed by atoms with E-state index in [-0.39, 0.29) is 11.9 Å². The van der Waals surface area contributed by atoms with Crippen molar-refractivity contribution in [1.29, 1.82) is 0 Å². The molecular weight excluding hydrogens is 442 g/mol. The highest BCUT2D eigenvalue weighted by molar-refractivity contribution is 6.49. The summed E-state index contributed by atoms with van der Waals surface area (Å²) in [5, 5.41) is 3.42. The maximum atomic E-state index is 13.1. The van der Waals surface area contributed by atoms with E-state index in [2.05, 4.69) is 14.9 Å². The van der Waals surface area contributed by atoms with Crippen LogP contribution in [-0.2, 0) is 14.4 Å². The Labute approximate surface area is 201 Å². The fourth-order valence-corrected chi connectivity index (χ4v) is 5.40. The van der Waals surface area contributed by atoms with Crippen molar-refractivity contribution in [3.63, 3.8) is 0 Å². The van der Waals surface area contributed by atoms with E-state index >= 15 is 0 Å². The minimum atomic E-state index is -0.418. The standard InChI is InChI=1S/C27H25N5O3/c1-2-23(33)30-13-10-17(11-14-30)32-16-19(18-7-3-4-8-20(18)32)24-25(27(35)29-26(24)34)21-15-28-22-9-5-6-12-31(21)22/h3-9,12,15-17H,2,10-11,13-14H2,1H3,(H,29,34,35). The van der Waals surface area contributed by atoms with Gasteiger partial charge in [0.1, 0.15) is 5.65 Å². The molecule has 3 aromatic heterocycles. The molecule has 5 heterocycles. The van der Waals surface area contributed by atoms with Crippen LogP contribution in [0.1, 0.15) is 43.5 Å². The highest BCUT2D eigenvalue weighted by atomic mass is 16.2. The van der Waals surface area contributed by atoms with Gasteiger partial charge in [0.15, 0.2) is 0 Å². The summed E-state index contributed by atoms with van der Waals surface area (Å²) >= 11 is 0. The van der Waals surface area contributed by atoms with Crippen LogP contribution in [0.15, 0.2) is 61.1 Å². The first-order valence-electron chi connectivity index (χ1n) is 12.0. The molecule has 1 N–H and O–H groups in total. The lowest BCUT2D eigenvalue weighted by Crippen LogP contribution is -2.38. The Morgan fingerprint density at radius 2 is 1.77 bits per heavy atom. The van der Waals surface area contributed by atoms with Gasteiger partial charge >= 0.3 is 0 Å².